The minimum Gasteiger partial charge on any atom is -0.271 e. The normalized spacial score (nSPS) is 19.5. The standard InChI is InChI=1S/C14H22N2/c1-9-4-5-10(2)13(8-9)14(16-15)11(3)12-6-7-12/h4-5,8,11-12,14,16H,6-7,15H2,1-3H3. The SMILES string of the molecule is Cc1ccc(C)c(C(NN)C(C)C2CC2)c1. The van der Waals surface area contributed by atoms with Crippen LogP contribution in [0, 0.1) is 25.7 Å². The first-order chi connectivity index (χ1) is 7.63. The van der Waals surface area contributed by atoms with Gasteiger partial charge in [-0.3, -0.25) is 11.3 Å². The molecule has 2 unspecified atom stereocenters. The highest BCUT2D eigenvalue weighted by molar-refractivity contribution is 5.33. The number of rotatable bonds is 4. The topological polar surface area (TPSA) is 38.0 Å². The van der Waals surface area contributed by atoms with Crippen LogP contribution in [0.5, 0.6) is 0 Å². The number of benzene rings is 1. The first kappa shape index (κ1) is 11.6. The van der Waals surface area contributed by atoms with Gasteiger partial charge in [-0.1, -0.05) is 30.7 Å². The lowest BCUT2D eigenvalue weighted by Gasteiger charge is -2.25. The van der Waals surface area contributed by atoms with Crippen molar-refractivity contribution >= 4 is 0 Å². The molecule has 1 aliphatic rings. The molecule has 0 saturated heterocycles. The van der Waals surface area contributed by atoms with Crippen molar-refractivity contribution in [2.24, 2.45) is 17.7 Å². The van der Waals surface area contributed by atoms with Crippen LogP contribution in [-0.4, -0.2) is 0 Å². The van der Waals surface area contributed by atoms with Crippen molar-refractivity contribution in [2.45, 2.75) is 39.7 Å². The van der Waals surface area contributed by atoms with Crippen LogP contribution in [0.2, 0.25) is 0 Å². The summed E-state index contributed by atoms with van der Waals surface area (Å²) in [6.45, 7) is 6.61. The maximum absolute atomic E-state index is 5.74. The van der Waals surface area contributed by atoms with Gasteiger partial charge in [0.1, 0.15) is 0 Å². The van der Waals surface area contributed by atoms with Gasteiger partial charge in [-0.2, -0.15) is 0 Å². The van der Waals surface area contributed by atoms with Crippen molar-refractivity contribution in [3.05, 3.63) is 34.9 Å². The average molecular weight is 218 g/mol. The molecule has 1 fully saturated rings. The number of hydrogen-bond donors (Lipinski definition) is 2. The van der Waals surface area contributed by atoms with Crippen LogP contribution in [0.3, 0.4) is 0 Å². The summed E-state index contributed by atoms with van der Waals surface area (Å²) < 4.78 is 0. The molecule has 2 nitrogen and oxygen atoms in total. The van der Waals surface area contributed by atoms with E-state index in [2.05, 4.69) is 44.4 Å². The van der Waals surface area contributed by atoms with Crippen molar-refractivity contribution < 1.29 is 0 Å². The second kappa shape index (κ2) is 4.56. The van der Waals surface area contributed by atoms with E-state index < -0.39 is 0 Å². The van der Waals surface area contributed by atoms with Crippen LogP contribution in [-0.2, 0) is 0 Å². The highest BCUT2D eigenvalue weighted by Gasteiger charge is 2.34. The number of aryl methyl sites for hydroxylation is 2. The van der Waals surface area contributed by atoms with Gasteiger partial charge in [-0.05, 0) is 49.7 Å². The molecule has 3 N–H and O–H groups in total. The summed E-state index contributed by atoms with van der Waals surface area (Å²) in [5, 5.41) is 0. The molecule has 2 heteroatoms. The maximum atomic E-state index is 5.74. The number of nitrogens with one attached hydrogen (secondary N) is 1. The first-order valence-electron chi connectivity index (χ1n) is 6.16. The van der Waals surface area contributed by atoms with E-state index in [1.165, 1.54) is 29.5 Å². The Morgan fingerprint density at radius 1 is 1.31 bits per heavy atom. The van der Waals surface area contributed by atoms with Crippen LogP contribution in [0.15, 0.2) is 18.2 Å². The summed E-state index contributed by atoms with van der Waals surface area (Å²) in [6, 6.07) is 6.91. The quantitative estimate of drug-likeness (QED) is 0.602. The zero-order valence-corrected chi connectivity index (χ0v) is 10.5. The molecule has 0 spiro atoms. The van der Waals surface area contributed by atoms with Gasteiger partial charge < -0.3 is 0 Å². The van der Waals surface area contributed by atoms with Gasteiger partial charge in [-0.25, -0.2) is 0 Å². The van der Waals surface area contributed by atoms with Gasteiger partial charge in [0, 0.05) is 6.04 Å². The van der Waals surface area contributed by atoms with Crippen molar-refractivity contribution in [2.75, 3.05) is 0 Å². The maximum Gasteiger partial charge on any atom is 0.0490 e. The second-order valence-electron chi connectivity index (χ2n) is 5.20. The van der Waals surface area contributed by atoms with Crippen LogP contribution in [0.25, 0.3) is 0 Å². The Hall–Kier alpha value is -0.860. The Labute approximate surface area is 98.2 Å². The Morgan fingerprint density at radius 3 is 2.56 bits per heavy atom. The monoisotopic (exact) mass is 218 g/mol. The first-order valence-corrected chi connectivity index (χ1v) is 6.16. The third-order valence-electron chi connectivity index (χ3n) is 3.84. The molecule has 2 rings (SSSR count). The molecular weight excluding hydrogens is 196 g/mol. The molecule has 1 aromatic rings. The van der Waals surface area contributed by atoms with Crippen LogP contribution in [0.1, 0.15) is 42.5 Å². The summed E-state index contributed by atoms with van der Waals surface area (Å²) >= 11 is 0. The van der Waals surface area contributed by atoms with Gasteiger partial charge >= 0.3 is 0 Å². The Balaban J connectivity index is 2.27. The van der Waals surface area contributed by atoms with E-state index >= 15 is 0 Å². The van der Waals surface area contributed by atoms with Crippen LogP contribution in [0.4, 0.5) is 0 Å². The van der Waals surface area contributed by atoms with E-state index in [9.17, 15) is 0 Å². The molecule has 0 aliphatic heterocycles. The molecule has 0 heterocycles. The molecule has 1 aromatic carbocycles. The fourth-order valence-corrected chi connectivity index (χ4v) is 2.51. The molecule has 1 aliphatic carbocycles. The summed E-state index contributed by atoms with van der Waals surface area (Å²) in [4.78, 5) is 0. The third-order valence-corrected chi connectivity index (χ3v) is 3.84. The minimum absolute atomic E-state index is 0.299. The molecule has 88 valence electrons. The van der Waals surface area contributed by atoms with E-state index in [4.69, 9.17) is 5.84 Å². The van der Waals surface area contributed by atoms with Crippen molar-refractivity contribution in [3.63, 3.8) is 0 Å². The Bertz CT molecular complexity index is 369. The van der Waals surface area contributed by atoms with Gasteiger partial charge in [0.2, 0.25) is 0 Å². The second-order valence-corrected chi connectivity index (χ2v) is 5.20. The number of hydrogen-bond acceptors (Lipinski definition) is 2. The lowest BCUT2D eigenvalue weighted by Crippen LogP contribution is -2.33. The highest BCUT2D eigenvalue weighted by Crippen LogP contribution is 2.42. The van der Waals surface area contributed by atoms with E-state index in [0.717, 1.165) is 5.92 Å². The average Bonchev–Trinajstić information content (AvgIpc) is 3.07. The third kappa shape index (κ3) is 2.28. The van der Waals surface area contributed by atoms with E-state index in [-0.39, 0.29) is 0 Å². The Kier molecular flexibility index (Phi) is 3.31. The zero-order chi connectivity index (χ0) is 11.7. The van der Waals surface area contributed by atoms with Gasteiger partial charge in [0.05, 0.1) is 0 Å². The number of hydrazine groups is 1. The summed E-state index contributed by atoms with van der Waals surface area (Å²) in [5.74, 6) is 7.23. The molecule has 0 amide bonds. The molecule has 16 heavy (non-hydrogen) atoms. The zero-order valence-electron chi connectivity index (χ0n) is 10.5. The smallest absolute Gasteiger partial charge is 0.0490 e. The fourth-order valence-electron chi connectivity index (χ4n) is 2.51. The van der Waals surface area contributed by atoms with Crippen LogP contribution >= 0.6 is 0 Å². The van der Waals surface area contributed by atoms with E-state index in [1.807, 2.05) is 0 Å². The minimum atomic E-state index is 0.299. The molecule has 2 atom stereocenters. The summed E-state index contributed by atoms with van der Waals surface area (Å²) in [7, 11) is 0. The lowest BCUT2D eigenvalue weighted by molar-refractivity contribution is 0.353. The summed E-state index contributed by atoms with van der Waals surface area (Å²) in [5.41, 5.74) is 7.01. The Morgan fingerprint density at radius 2 is 2.00 bits per heavy atom. The van der Waals surface area contributed by atoms with Gasteiger partial charge in [-0.15, -0.1) is 0 Å². The summed E-state index contributed by atoms with van der Waals surface area (Å²) in [6.07, 6.45) is 2.73. The van der Waals surface area contributed by atoms with Crippen molar-refractivity contribution in [1.82, 2.24) is 5.43 Å². The van der Waals surface area contributed by atoms with Crippen molar-refractivity contribution in [1.29, 1.82) is 0 Å². The molecular formula is C14H22N2. The highest BCUT2D eigenvalue weighted by atomic mass is 15.2. The molecule has 0 aromatic heterocycles. The molecule has 1 saturated carbocycles. The van der Waals surface area contributed by atoms with E-state index in [1.54, 1.807) is 0 Å². The molecule has 0 radical (unpaired) electrons. The van der Waals surface area contributed by atoms with Gasteiger partial charge in [0.15, 0.2) is 0 Å². The van der Waals surface area contributed by atoms with E-state index in [0.29, 0.717) is 12.0 Å². The molecule has 0 bridgehead atoms. The van der Waals surface area contributed by atoms with Gasteiger partial charge in [0.25, 0.3) is 0 Å². The number of nitrogens with two attached hydrogens (primary N) is 1. The predicted molar refractivity (Wildman–Crippen MR) is 67.9 cm³/mol. The van der Waals surface area contributed by atoms with Crippen LogP contribution < -0.4 is 11.3 Å². The largest absolute Gasteiger partial charge is 0.271 e. The fraction of sp³-hybridized carbons (Fsp3) is 0.571. The van der Waals surface area contributed by atoms with Crippen molar-refractivity contribution in [3.8, 4) is 0 Å². The lowest BCUT2D eigenvalue weighted by atomic mass is 9.88. The predicted octanol–water partition coefficient (Wildman–Crippen LogP) is 2.85.